The maximum absolute atomic E-state index is 3.86. The van der Waals surface area contributed by atoms with Crippen molar-refractivity contribution in [2.75, 3.05) is 0 Å². The molecule has 1 heterocycles. The Labute approximate surface area is 127 Å². The summed E-state index contributed by atoms with van der Waals surface area (Å²) in [7, 11) is 0. The zero-order valence-corrected chi connectivity index (χ0v) is 13.6. The summed E-state index contributed by atoms with van der Waals surface area (Å²) < 4.78 is 0. The largest absolute Gasteiger partial charge is 0.309 e. The lowest BCUT2D eigenvalue weighted by Crippen LogP contribution is -2.36. The minimum Gasteiger partial charge on any atom is -0.309 e. The predicted molar refractivity (Wildman–Crippen MR) is 86.2 cm³/mol. The molecule has 3 aliphatic carbocycles. The Balaban J connectivity index is 1.36. The summed E-state index contributed by atoms with van der Waals surface area (Å²) in [6.07, 6.45) is 8.77. The fourth-order valence-electron chi connectivity index (χ4n) is 4.90. The topological polar surface area (TPSA) is 12.0 Å². The van der Waals surface area contributed by atoms with Crippen LogP contribution in [0, 0.1) is 17.3 Å². The van der Waals surface area contributed by atoms with Gasteiger partial charge in [-0.3, -0.25) is 0 Å². The van der Waals surface area contributed by atoms with Crippen molar-refractivity contribution in [2.45, 2.75) is 70.9 Å². The van der Waals surface area contributed by atoms with Gasteiger partial charge in [0.25, 0.3) is 0 Å². The van der Waals surface area contributed by atoms with Gasteiger partial charge >= 0.3 is 0 Å². The molecular weight excluding hydrogens is 262 g/mol. The summed E-state index contributed by atoms with van der Waals surface area (Å²) >= 11 is 1.95. The maximum Gasteiger partial charge on any atom is 0.0305 e. The molecule has 1 aromatic rings. The number of fused-ring (bicyclic) bond motifs is 2. The minimum atomic E-state index is 0.688. The van der Waals surface area contributed by atoms with Crippen molar-refractivity contribution < 1.29 is 0 Å². The monoisotopic (exact) mass is 289 g/mol. The SMILES string of the molecule is CC(NCc1sccc1C1CC1)[C@H]1C[C@@]2(C)CC[C@H]1C2. The summed E-state index contributed by atoms with van der Waals surface area (Å²) in [5, 5.41) is 6.15. The van der Waals surface area contributed by atoms with E-state index in [2.05, 4.69) is 30.6 Å². The van der Waals surface area contributed by atoms with Crippen LogP contribution < -0.4 is 5.32 Å². The average Bonchev–Trinajstić information content (AvgIpc) is 2.91. The van der Waals surface area contributed by atoms with Crippen molar-refractivity contribution in [3.8, 4) is 0 Å². The Bertz CT molecular complexity index is 489. The molecule has 0 spiro atoms. The van der Waals surface area contributed by atoms with Crippen LogP contribution in [-0.2, 0) is 6.54 Å². The average molecular weight is 289 g/mol. The normalized spacial score (nSPS) is 37.5. The minimum absolute atomic E-state index is 0.688. The highest BCUT2D eigenvalue weighted by atomic mass is 32.1. The van der Waals surface area contributed by atoms with Gasteiger partial charge in [0.1, 0.15) is 0 Å². The van der Waals surface area contributed by atoms with Gasteiger partial charge in [-0.25, -0.2) is 0 Å². The van der Waals surface area contributed by atoms with Gasteiger partial charge in [0.2, 0.25) is 0 Å². The van der Waals surface area contributed by atoms with Crippen LogP contribution >= 0.6 is 11.3 Å². The van der Waals surface area contributed by atoms with Crippen LogP contribution in [0.3, 0.4) is 0 Å². The molecular formula is C18H27NS. The summed E-state index contributed by atoms with van der Waals surface area (Å²) in [4.78, 5) is 1.61. The molecule has 3 saturated carbocycles. The number of thiophene rings is 1. The summed E-state index contributed by atoms with van der Waals surface area (Å²) in [5.74, 6) is 2.83. The van der Waals surface area contributed by atoms with Crippen LogP contribution in [0.25, 0.3) is 0 Å². The Morgan fingerprint density at radius 3 is 2.85 bits per heavy atom. The van der Waals surface area contributed by atoms with E-state index in [0.29, 0.717) is 11.5 Å². The first kappa shape index (κ1) is 13.3. The van der Waals surface area contributed by atoms with Crippen LogP contribution in [0.2, 0.25) is 0 Å². The Morgan fingerprint density at radius 2 is 2.20 bits per heavy atom. The fraction of sp³-hybridized carbons (Fsp3) is 0.778. The first-order valence-electron chi connectivity index (χ1n) is 8.44. The van der Waals surface area contributed by atoms with Crippen molar-refractivity contribution in [2.24, 2.45) is 17.3 Å². The lowest BCUT2D eigenvalue weighted by atomic mass is 9.79. The standard InChI is InChI=1S/C18H27NS/c1-12(16-10-18(2)7-5-14(16)9-18)19-11-17-15(6-8-20-17)13-3-4-13/h6,8,12-14,16,19H,3-5,7,9-11H2,1-2H3/t12?,14-,16+,18-/m0/s1. The molecule has 2 bridgehead atoms. The van der Waals surface area contributed by atoms with Crippen LogP contribution in [0.5, 0.6) is 0 Å². The van der Waals surface area contributed by atoms with Crippen molar-refractivity contribution >= 4 is 11.3 Å². The number of rotatable bonds is 5. The summed E-state index contributed by atoms with van der Waals surface area (Å²) in [5.41, 5.74) is 2.34. The zero-order valence-electron chi connectivity index (χ0n) is 12.8. The third-order valence-electron chi connectivity index (χ3n) is 6.23. The van der Waals surface area contributed by atoms with Crippen molar-refractivity contribution in [1.82, 2.24) is 5.32 Å². The van der Waals surface area contributed by atoms with Crippen molar-refractivity contribution in [3.63, 3.8) is 0 Å². The van der Waals surface area contributed by atoms with Gasteiger partial charge in [0.05, 0.1) is 0 Å². The summed E-state index contributed by atoms with van der Waals surface area (Å²) in [6, 6.07) is 3.05. The first-order valence-corrected chi connectivity index (χ1v) is 9.32. The third kappa shape index (κ3) is 2.35. The van der Waals surface area contributed by atoms with Crippen LogP contribution in [0.4, 0.5) is 0 Å². The molecule has 0 saturated heterocycles. The lowest BCUT2D eigenvalue weighted by molar-refractivity contribution is 0.222. The smallest absolute Gasteiger partial charge is 0.0305 e. The van der Waals surface area contributed by atoms with E-state index in [-0.39, 0.29) is 0 Å². The second kappa shape index (κ2) is 4.84. The number of hydrogen-bond acceptors (Lipinski definition) is 2. The molecule has 0 aliphatic heterocycles. The fourth-order valence-corrected chi connectivity index (χ4v) is 5.82. The molecule has 20 heavy (non-hydrogen) atoms. The first-order chi connectivity index (χ1) is 9.65. The van der Waals surface area contributed by atoms with Gasteiger partial charge in [-0.1, -0.05) is 6.92 Å². The van der Waals surface area contributed by atoms with Gasteiger partial charge < -0.3 is 5.32 Å². The van der Waals surface area contributed by atoms with Gasteiger partial charge in [-0.15, -0.1) is 11.3 Å². The quantitative estimate of drug-likeness (QED) is 0.810. The molecule has 110 valence electrons. The second-order valence-corrected chi connectivity index (χ2v) is 8.93. The molecule has 1 N–H and O–H groups in total. The number of nitrogens with one attached hydrogen (secondary N) is 1. The lowest BCUT2D eigenvalue weighted by Gasteiger charge is -2.31. The molecule has 0 aromatic carbocycles. The highest BCUT2D eigenvalue weighted by molar-refractivity contribution is 7.10. The maximum atomic E-state index is 3.86. The summed E-state index contributed by atoms with van der Waals surface area (Å²) in [6.45, 7) is 6.05. The van der Waals surface area contributed by atoms with Gasteiger partial charge in [-0.05, 0) is 85.6 Å². The van der Waals surface area contributed by atoms with E-state index in [9.17, 15) is 0 Å². The molecule has 3 fully saturated rings. The van der Waals surface area contributed by atoms with Crippen LogP contribution in [0.1, 0.15) is 68.7 Å². The van der Waals surface area contributed by atoms with Crippen LogP contribution in [0.15, 0.2) is 11.4 Å². The predicted octanol–water partition coefficient (Wildman–Crippen LogP) is 4.93. The van der Waals surface area contributed by atoms with E-state index in [1.165, 1.54) is 38.5 Å². The number of hydrogen-bond donors (Lipinski definition) is 1. The Morgan fingerprint density at radius 1 is 1.35 bits per heavy atom. The molecule has 1 nitrogen and oxygen atoms in total. The van der Waals surface area contributed by atoms with Crippen molar-refractivity contribution in [3.05, 3.63) is 21.9 Å². The zero-order chi connectivity index (χ0) is 13.7. The van der Waals surface area contributed by atoms with Crippen molar-refractivity contribution in [1.29, 1.82) is 0 Å². The van der Waals surface area contributed by atoms with Gasteiger partial charge in [0, 0.05) is 17.5 Å². The second-order valence-electron chi connectivity index (χ2n) is 7.92. The van der Waals surface area contributed by atoms with E-state index in [4.69, 9.17) is 0 Å². The van der Waals surface area contributed by atoms with E-state index >= 15 is 0 Å². The highest BCUT2D eigenvalue weighted by Gasteiger charge is 2.48. The van der Waals surface area contributed by atoms with E-state index in [1.54, 1.807) is 10.4 Å². The van der Waals surface area contributed by atoms with Crippen LogP contribution in [-0.4, -0.2) is 6.04 Å². The molecule has 3 aliphatic rings. The molecule has 4 rings (SSSR count). The van der Waals surface area contributed by atoms with Gasteiger partial charge in [0.15, 0.2) is 0 Å². The van der Waals surface area contributed by atoms with E-state index in [0.717, 1.165) is 24.3 Å². The third-order valence-corrected chi connectivity index (χ3v) is 7.17. The van der Waals surface area contributed by atoms with E-state index in [1.807, 2.05) is 11.3 Å². The van der Waals surface area contributed by atoms with Gasteiger partial charge in [-0.2, -0.15) is 0 Å². The molecule has 0 radical (unpaired) electrons. The Kier molecular flexibility index (Phi) is 3.23. The molecule has 4 atom stereocenters. The Hall–Kier alpha value is -0.340. The molecule has 1 unspecified atom stereocenters. The molecule has 2 heteroatoms. The highest BCUT2D eigenvalue weighted by Crippen LogP contribution is 2.57. The van der Waals surface area contributed by atoms with E-state index < -0.39 is 0 Å². The molecule has 0 amide bonds. The molecule has 1 aromatic heterocycles.